The van der Waals surface area contributed by atoms with Crippen LogP contribution in [0.2, 0.25) is 0 Å². The van der Waals surface area contributed by atoms with Crippen LogP contribution in [0.3, 0.4) is 0 Å². The van der Waals surface area contributed by atoms with Crippen molar-refractivity contribution in [2.24, 2.45) is 17.3 Å². The number of hydrogen-bond acceptors (Lipinski definition) is 1. The maximum absolute atomic E-state index is 3.49. The summed E-state index contributed by atoms with van der Waals surface area (Å²) in [5.41, 5.74) is 0.432. The summed E-state index contributed by atoms with van der Waals surface area (Å²) in [6.07, 6.45) is 3.92. The molecule has 92 valence electrons. The summed E-state index contributed by atoms with van der Waals surface area (Å²) in [4.78, 5) is 0. The van der Waals surface area contributed by atoms with E-state index in [1.807, 2.05) is 0 Å². The zero-order valence-corrected chi connectivity index (χ0v) is 11.9. The molecule has 15 heavy (non-hydrogen) atoms. The van der Waals surface area contributed by atoms with Crippen molar-refractivity contribution in [3.05, 3.63) is 0 Å². The first-order valence-electron chi connectivity index (χ1n) is 6.50. The summed E-state index contributed by atoms with van der Waals surface area (Å²) in [6, 6.07) is 0.680. The van der Waals surface area contributed by atoms with E-state index in [9.17, 15) is 0 Å². The minimum Gasteiger partial charge on any atom is -0.317 e. The summed E-state index contributed by atoms with van der Waals surface area (Å²) in [7, 11) is 2.10. The van der Waals surface area contributed by atoms with Crippen molar-refractivity contribution in [1.82, 2.24) is 5.32 Å². The van der Waals surface area contributed by atoms with Gasteiger partial charge in [0.05, 0.1) is 0 Å². The Morgan fingerprint density at radius 2 is 1.67 bits per heavy atom. The molecule has 0 saturated carbocycles. The first kappa shape index (κ1) is 15.0. The van der Waals surface area contributed by atoms with Gasteiger partial charge in [-0.05, 0) is 37.1 Å². The van der Waals surface area contributed by atoms with Gasteiger partial charge in [-0.15, -0.1) is 0 Å². The van der Waals surface area contributed by atoms with Crippen LogP contribution in [0.4, 0.5) is 0 Å². The molecule has 3 atom stereocenters. The van der Waals surface area contributed by atoms with E-state index in [1.54, 1.807) is 0 Å². The monoisotopic (exact) mass is 213 g/mol. The molecular formula is C14H31N. The highest BCUT2D eigenvalue weighted by molar-refractivity contribution is 4.79. The van der Waals surface area contributed by atoms with E-state index >= 15 is 0 Å². The van der Waals surface area contributed by atoms with Gasteiger partial charge in [0.1, 0.15) is 0 Å². The van der Waals surface area contributed by atoms with Gasteiger partial charge < -0.3 is 5.32 Å². The van der Waals surface area contributed by atoms with Gasteiger partial charge in [-0.3, -0.25) is 0 Å². The fraction of sp³-hybridized carbons (Fsp3) is 1.00. The summed E-state index contributed by atoms with van der Waals surface area (Å²) in [6.45, 7) is 14.1. The van der Waals surface area contributed by atoms with Gasteiger partial charge in [0, 0.05) is 6.04 Å². The van der Waals surface area contributed by atoms with Crippen LogP contribution in [0.15, 0.2) is 0 Å². The third-order valence-electron chi connectivity index (χ3n) is 3.89. The van der Waals surface area contributed by atoms with Gasteiger partial charge in [-0.2, -0.15) is 0 Å². The van der Waals surface area contributed by atoms with Crippen LogP contribution in [0.5, 0.6) is 0 Å². The highest BCUT2D eigenvalue weighted by Gasteiger charge is 2.25. The van der Waals surface area contributed by atoms with Crippen molar-refractivity contribution in [2.45, 2.75) is 66.8 Å². The molecule has 0 bridgehead atoms. The molecule has 0 aliphatic rings. The van der Waals surface area contributed by atoms with E-state index in [-0.39, 0.29) is 0 Å². The highest BCUT2D eigenvalue weighted by Crippen LogP contribution is 2.31. The average Bonchev–Trinajstić information content (AvgIpc) is 2.12. The van der Waals surface area contributed by atoms with Gasteiger partial charge in [0.2, 0.25) is 0 Å². The standard InChI is InChI=1S/C14H31N/c1-8-9-11(2)13(15-7)10-12(3)14(4,5)6/h11-13,15H,8-10H2,1-7H3. The Balaban J connectivity index is 4.20. The fourth-order valence-electron chi connectivity index (χ4n) is 2.03. The zero-order chi connectivity index (χ0) is 12.1. The highest BCUT2D eigenvalue weighted by atomic mass is 14.9. The Bertz CT molecular complexity index is 157. The average molecular weight is 213 g/mol. The van der Waals surface area contributed by atoms with Crippen molar-refractivity contribution >= 4 is 0 Å². The minimum absolute atomic E-state index is 0.432. The molecule has 0 amide bonds. The third kappa shape index (κ3) is 5.55. The van der Waals surface area contributed by atoms with Crippen LogP contribution < -0.4 is 5.32 Å². The van der Waals surface area contributed by atoms with Crippen LogP contribution in [-0.4, -0.2) is 13.1 Å². The van der Waals surface area contributed by atoms with Gasteiger partial charge >= 0.3 is 0 Å². The van der Waals surface area contributed by atoms with E-state index in [1.165, 1.54) is 19.3 Å². The number of rotatable bonds is 6. The molecule has 0 heterocycles. The van der Waals surface area contributed by atoms with Gasteiger partial charge in [-0.1, -0.05) is 48.0 Å². The molecule has 0 fully saturated rings. The van der Waals surface area contributed by atoms with Crippen LogP contribution in [0.1, 0.15) is 60.8 Å². The second-order valence-corrected chi connectivity index (χ2v) is 6.16. The Morgan fingerprint density at radius 3 is 2.00 bits per heavy atom. The molecule has 0 radical (unpaired) electrons. The molecule has 0 aromatic carbocycles. The molecule has 0 aromatic heterocycles. The number of hydrogen-bond donors (Lipinski definition) is 1. The lowest BCUT2D eigenvalue weighted by molar-refractivity contribution is 0.202. The second kappa shape index (κ2) is 6.52. The Kier molecular flexibility index (Phi) is 6.51. The molecule has 0 aliphatic carbocycles. The quantitative estimate of drug-likeness (QED) is 0.701. The van der Waals surface area contributed by atoms with Gasteiger partial charge in [0.25, 0.3) is 0 Å². The van der Waals surface area contributed by atoms with Crippen molar-refractivity contribution < 1.29 is 0 Å². The lowest BCUT2D eigenvalue weighted by atomic mass is 9.76. The maximum atomic E-state index is 3.49. The lowest BCUT2D eigenvalue weighted by Crippen LogP contribution is -2.36. The van der Waals surface area contributed by atoms with Crippen molar-refractivity contribution in [3.8, 4) is 0 Å². The van der Waals surface area contributed by atoms with Crippen LogP contribution in [0.25, 0.3) is 0 Å². The molecule has 0 saturated heterocycles. The zero-order valence-electron chi connectivity index (χ0n) is 11.9. The van der Waals surface area contributed by atoms with Crippen LogP contribution in [-0.2, 0) is 0 Å². The number of nitrogens with one attached hydrogen (secondary N) is 1. The Labute approximate surface area is 97.0 Å². The van der Waals surface area contributed by atoms with Crippen molar-refractivity contribution in [2.75, 3.05) is 7.05 Å². The summed E-state index contributed by atoms with van der Waals surface area (Å²) in [5.74, 6) is 1.57. The predicted molar refractivity (Wildman–Crippen MR) is 70.2 cm³/mol. The largest absolute Gasteiger partial charge is 0.317 e. The van der Waals surface area contributed by atoms with Gasteiger partial charge in [0.15, 0.2) is 0 Å². The first-order chi connectivity index (χ1) is 6.82. The third-order valence-corrected chi connectivity index (χ3v) is 3.89. The summed E-state index contributed by atoms with van der Waals surface area (Å²) < 4.78 is 0. The van der Waals surface area contributed by atoms with Crippen LogP contribution >= 0.6 is 0 Å². The molecule has 0 rings (SSSR count). The SMILES string of the molecule is CCCC(C)C(CC(C)C(C)(C)C)NC. The van der Waals surface area contributed by atoms with E-state index in [4.69, 9.17) is 0 Å². The molecule has 3 unspecified atom stereocenters. The maximum Gasteiger partial charge on any atom is 0.00924 e. The molecular weight excluding hydrogens is 182 g/mol. The van der Waals surface area contributed by atoms with Gasteiger partial charge in [-0.25, -0.2) is 0 Å². The molecule has 0 aromatic rings. The predicted octanol–water partition coefficient (Wildman–Crippen LogP) is 4.08. The second-order valence-electron chi connectivity index (χ2n) is 6.16. The molecule has 0 aliphatic heterocycles. The minimum atomic E-state index is 0.432. The van der Waals surface area contributed by atoms with E-state index in [2.05, 4.69) is 53.9 Å². The molecule has 1 nitrogen and oxygen atoms in total. The van der Waals surface area contributed by atoms with E-state index in [0.717, 1.165) is 11.8 Å². The topological polar surface area (TPSA) is 12.0 Å². The van der Waals surface area contributed by atoms with E-state index in [0.29, 0.717) is 11.5 Å². The molecule has 1 heteroatoms. The Morgan fingerprint density at radius 1 is 1.13 bits per heavy atom. The lowest BCUT2D eigenvalue weighted by Gasteiger charge is -2.33. The van der Waals surface area contributed by atoms with E-state index < -0.39 is 0 Å². The molecule has 1 N–H and O–H groups in total. The van der Waals surface area contributed by atoms with Crippen molar-refractivity contribution in [1.29, 1.82) is 0 Å². The van der Waals surface area contributed by atoms with Crippen molar-refractivity contribution in [3.63, 3.8) is 0 Å². The summed E-state index contributed by atoms with van der Waals surface area (Å²) in [5, 5.41) is 3.49. The van der Waals surface area contributed by atoms with Crippen LogP contribution in [0, 0.1) is 17.3 Å². The smallest absolute Gasteiger partial charge is 0.00924 e. The molecule has 0 spiro atoms. The normalized spacial score (nSPS) is 18.6. The first-order valence-corrected chi connectivity index (χ1v) is 6.50. The summed E-state index contributed by atoms with van der Waals surface area (Å²) >= 11 is 0. The fourth-order valence-corrected chi connectivity index (χ4v) is 2.03. The Hall–Kier alpha value is -0.0400.